The third-order valence-corrected chi connectivity index (χ3v) is 3.38. The zero-order valence-electron chi connectivity index (χ0n) is 13.2. The fraction of sp³-hybridized carbons (Fsp3) is 0.625. The molecule has 0 aliphatic carbocycles. The standard InChI is InChI=1S/C16H27FN2O/c1-12(10-19(5)11-16(2,3)20)15(18-4)13-8-6-7-9-14(13)17/h6-9,12,15,18,20H,10-11H2,1-5H3. The van der Waals surface area contributed by atoms with Crippen LogP contribution in [-0.2, 0) is 0 Å². The number of hydrogen-bond donors (Lipinski definition) is 2. The van der Waals surface area contributed by atoms with Crippen LogP contribution in [0.2, 0.25) is 0 Å². The molecule has 0 aliphatic rings. The van der Waals surface area contributed by atoms with Crippen LogP contribution in [0.15, 0.2) is 24.3 Å². The van der Waals surface area contributed by atoms with Crippen molar-refractivity contribution in [1.29, 1.82) is 0 Å². The second-order valence-electron chi connectivity index (χ2n) is 6.27. The molecule has 20 heavy (non-hydrogen) atoms. The van der Waals surface area contributed by atoms with E-state index < -0.39 is 5.60 Å². The van der Waals surface area contributed by atoms with Crippen molar-refractivity contribution in [3.8, 4) is 0 Å². The molecule has 114 valence electrons. The highest BCUT2D eigenvalue weighted by Crippen LogP contribution is 2.24. The lowest BCUT2D eigenvalue weighted by Crippen LogP contribution is -2.40. The van der Waals surface area contributed by atoms with Crippen LogP contribution in [0.3, 0.4) is 0 Å². The van der Waals surface area contributed by atoms with Gasteiger partial charge in [-0.15, -0.1) is 0 Å². The van der Waals surface area contributed by atoms with Crippen molar-refractivity contribution in [3.05, 3.63) is 35.6 Å². The van der Waals surface area contributed by atoms with Crippen LogP contribution in [0, 0.1) is 11.7 Å². The van der Waals surface area contributed by atoms with Gasteiger partial charge in [-0.05, 0) is 39.9 Å². The fourth-order valence-electron chi connectivity index (χ4n) is 2.80. The fourth-order valence-corrected chi connectivity index (χ4v) is 2.80. The van der Waals surface area contributed by atoms with E-state index in [1.165, 1.54) is 6.07 Å². The molecule has 1 aromatic carbocycles. The van der Waals surface area contributed by atoms with Gasteiger partial charge in [-0.3, -0.25) is 0 Å². The van der Waals surface area contributed by atoms with Crippen LogP contribution >= 0.6 is 0 Å². The molecule has 1 rings (SSSR count). The second-order valence-corrected chi connectivity index (χ2v) is 6.27. The molecular weight excluding hydrogens is 255 g/mol. The molecule has 0 amide bonds. The zero-order chi connectivity index (χ0) is 15.3. The molecule has 0 aliphatic heterocycles. The number of hydrogen-bond acceptors (Lipinski definition) is 3. The molecule has 2 N–H and O–H groups in total. The summed E-state index contributed by atoms with van der Waals surface area (Å²) >= 11 is 0. The molecule has 1 aromatic rings. The number of aliphatic hydroxyl groups is 1. The second kappa shape index (κ2) is 7.16. The van der Waals surface area contributed by atoms with Gasteiger partial charge in [0.15, 0.2) is 0 Å². The van der Waals surface area contributed by atoms with Crippen molar-refractivity contribution >= 4 is 0 Å². The Hall–Kier alpha value is -0.970. The van der Waals surface area contributed by atoms with E-state index in [9.17, 15) is 9.50 Å². The predicted octanol–water partition coefficient (Wildman–Crippen LogP) is 2.43. The Morgan fingerprint density at radius 2 is 1.95 bits per heavy atom. The summed E-state index contributed by atoms with van der Waals surface area (Å²) in [4.78, 5) is 2.08. The minimum Gasteiger partial charge on any atom is -0.389 e. The first-order valence-corrected chi connectivity index (χ1v) is 7.07. The van der Waals surface area contributed by atoms with Crippen LogP contribution in [0.4, 0.5) is 4.39 Å². The predicted molar refractivity (Wildman–Crippen MR) is 81.2 cm³/mol. The molecule has 0 heterocycles. The first-order valence-electron chi connectivity index (χ1n) is 7.07. The van der Waals surface area contributed by atoms with Gasteiger partial charge in [0.25, 0.3) is 0 Å². The molecule has 2 unspecified atom stereocenters. The molecule has 4 heteroatoms. The van der Waals surface area contributed by atoms with Crippen LogP contribution in [0.5, 0.6) is 0 Å². The Kier molecular flexibility index (Phi) is 6.11. The van der Waals surface area contributed by atoms with Gasteiger partial charge in [-0.2, -0.15) is 0 Å². The summed E-state index contributed by atoms with van der Waals surface area (Å²) in [6.45, 7) is 7.05. The lowest BCUT2D eigenvalue weighted by molar-refractivity contribution is 0.0392. The number of likely N-dealkylation sites (N-methyl/N-ethyl adjacent to an activating group) is 1. The van der Waals surface area contributed by atoms with E-state index in [0.29, 0.717) is 12.1 Å². The Bertz CT molecular complexity index is 417. The largest absolute Gasteiger partial charge is 0.389 e. The Morgan fingerprint density at radius 1 is 1.35 bits per heavy atom. The summed E-state index contributed by atoms with van der Waals surface area (Å²) in [5.74, 6) is 0.0492. The van der Waals surface area contributed by atoms with Gasteiger partial charge < -0.3 is 15.3 Å². The molecule has 3 nitrogen and oxygen atoms in total. The van der Waals surface area contributed by atoms with Crippen molar-refractivity contribution < 1.29 is 9.50 Å². The smallest absolute Gasteiger partial charge is 0.127 e. The van der Waals surface area contributed by atoms with Crippen LogP contribution in [0.1, 0.15) is 32.4 Å². The van der Waals surface area contributed by atoms with Crippen LogP contribution in [-0.4, -0.2) is 42.8 Å². The molecule has 0 spiro atoms. The van der Waals surface area contributed by atoms with Gasteiger partial charge in [0.2, 0.25) is 0 Å². The summed E-state index contributed by atoms with van der Waals surface area (Å²) in [6.07, 6.45) is 0. The van der Waals surface area contributed by atoms with Crippen LogP contribution in [0.25, 0.3) is 0 Å². The summed E-state index contributed by atoms with van der Waals surface area (Å²) in [5.41, 5.74) is -0.0270. The van der Waals surface area contributed by atoms with Crippen molar-refractivity contribution in [2.24, 2.45) is 5.92 Å². The number of rotatable bonds is 7. The quantitative estimate of drug-likeness (QED) is 0.806. The first kappa shape index (κ1) is 17.1. The summed E-state index contributed by atoms with van der Waals surface area (Å²) in [7, 11) is 3.83. The van der Waals surface area contributed by atoms with Gasteiger partial charge in [-0.1, -0.05) is 25.1 Å². The third-order valence-electron chi connectivity index (χ3n) is 3.38. The number of nitrogens with zero attached hydrogens (tertiary/aromatic N) is 1. The molecule has 0 aromatic heterocycles. The van der Waals surface area contributed by atoms with Crippen molar-refractivity contribution in [1.82, 2.24) is 10.2 Å². The maximum Gasteiger partial charge on any atom is 0.127 e. The Balaban J connectivity index is 2.73. The topological polar surface area (TPSA) is 35.5 Å². The first-order chi connectivity index (χ1) is 9.24. The van der Waals surface area contributed by atoms with E-state index in [1.54, 1.807) is 19.9 Å². The highest BCUT2D eigenvalue weighted by atomic mass is 19.1. The highest BCUT2D eigenvalue weighted by Gasteiger charge is 2.23. The Morgan fingerprint density at radius 3 is 2.45 bits per heavy atom. The average Bonchev–Trinajstić information content (AvgIpc) is 2.29. The van der Waals surface area contributed by atoms with Gasteiger partial charge in [-0.25, -0.2) is 4.39 Å². The maximum absolute atomic E-state index is 13.9. The number of halogens is 1. The van der Waals surface area contributed by atoms with E-state index in [1.807, 2.05) is 26.2 Å². The maximum atomic E-state index is 13.9. The molecule has 0 radical (unpaired) electrons. The van der Waals surface area contributed by atoms with Gasteiger partial charge >= 0.3 is 0 Å². The summed E-state index contributed by atoms with van der Waals surface area (Å²) < 4.78 is 13.9. The van der Waals surface area contributed by atoms with Crippen molar-refractivity contribution in [3.63, 3.8) is 0 Å². The number of benzene rings is 1. The van der Waals surface area contributed by atoms with E-state index in [2.05, 4.69) is 17.1 Å². The zero-order valence-corrected chi connectivity index (χ0v) is 13.2. The minimum absolute atomic E-state index is 0.0412. The van der Waals surface area contributed by atoms with Crippen molar-refractivity contribution in [2.45, 2.75) is 32.4 Å². The SMILES string of the molecule is CNC(c1ccccc1F)C(C)CN(C)CC(C)(C)O. The molecule has 0 fully saturated rings. The van der Waals surface area contributed by atoms with Gasteiger partial charge in [0, 0.05) is 24.7 Å². The van der Waals surface area contributed by atoms with Gasteiger partial charge in [0.05, 0.1) is 5.60 Å². The highest BCUT2D eigenvalue weighted by molar-refractivity contribution is 5.21. The Labute approximate surface area is 121 Å². The molecule has 0 saturated carbocycles. The molecule has 0 saturated heterocycles. The van der Waals surface area contributed by atoms with E-state index >= 15 is 0 Å². The summed E-state index contributed by atoms with van der Waals surface area (Å²) in [5, 5.41) is 13.0. The van der Waals surface area contributed by atoms with E-state index in [4.69, 9.17) is 0 Å². The van der Waals surface area contributed by atoms with Crippen LogP contribution < -0.4 is 5.32 Å². The molecule has 0 bridgehead atoms. The number of nitrogens with one attached hydrogen (secondary N) is 1. The normalized spacial score (nSPS) is 15.4. The third kappa shape index (κ3) is 5.19. The lowest BCUT2D eigenvalue weighted by Gasteiger charge is -2.31. The van der Waals surface area contributed by atoms with E-state index in [-0.39, 0.29) is 17.8 Å². The molecule has 2 atom stereocenters. The molecular formula is C16H27FN2O. The summed E-state index contributed by atoms with van der Waals surface area (Å²) in [6, 6.07) is 6.84. The minimum atomic E-state index is -0.721. The monoisotopic (exact) mass is 282 g/mol. The van der Waals surface area contributed by atoms with Gasteiger partial charge in [0.1, 0.15) is 5.82 Å². The van der Waals surface area contributed by atoms with E-state index in [0.717, 1.165) is 6.54 Å². The lowest BCUT2D eigenvalue weighted by atomic mass is 9.93. The average molecular weight is 282 g/mol. The van der Waals surface area contributed by atoms with Crippen molar-refractivity contribution in [2.75, 3.05) is 27.2 Å².